The molecule has 4 nitrogen and oxygen atoms in total. The van der Waals surface area contributed by atoms with E-state index in [2.05, 4.69) is 5.32 Å². The fourth-order valence-corrected chi connectivity index (χ4v) is 2.68. The van der Waals surface area contributed by atoms with Gasteiger partial charge in [-0.1, -0.05) is 12.1 Å². The van der Waals surface area contributed by atoms with Crippen LogP contribution in [0.5, 0.6) is 0 Å². The first-order chi connectivity index (χ1) is 9.47. The highest BCUT2D eigenvalue weighted by molar-refractivity contribution is 7.10. The van der Waals surface area contributed by atoms with Crippen molar-refractivity contribution in [2.24, 2.45) is 0 Å². The number of carbonyl (C=O) groups is 2. The van der Waals surface area contributed by atoms with Crippen molar-refractivity contribution >= 4 is 28.9 Å². The van der Waals surface area contributed by atoms with Gasteiger partial charge in [0.05, 0.1) is 12.0 Å². The Bertz CT molecular complexity index is 644. The van der Waals surface area contributed by atoms with Gasteiger partial charge in [-0.25, -0.2) is 0 Å². The van der Waals surface area contributed by atoms with Crippen molar-refractivity contribution in [1.82, 2.24) is 0 Å². The first-order valence-electron chi connectivity index (χ1n) is 6.14. The molecule has 104 valence electrons. The van der Waals surface area contributed by atoms with Crippen molar-refractivity contribution in [2.45, 2.75) is 20.3 Å². The van der Waals surface area contributed by atoms with Crippen molar-refractivity contribution in [2.75, 3.05) is 5.32 Å². The predicted molar refractivity (Wildman–Crippen MR) is 79.5 cm³/mol. The lowest BCUT2D eigenvalue weighted by molar-refractivity contribution is -0.136. The number of aryl methyl sites for hydroxylation is 1. The van der Waals surface area contributed by atoms with Gasteiger partial charge in [-0.2, -0.15) is 0 Å². The van der Waals surface area contributed by atoms with Crippen molar-refractivity contribution in [3.05, 3.63) is 51.2 Å². The van der Waals surface area contributed by atoms with Crippen LogP contribution in [-0.2, 0) is 11.2 Å². The molecule has 20 heavy (non-hydrogen) atoms. The number of aliphatic carboxylic acids is 1. The van der Waals surface area contributed by atoms with E-state index in [0.29, 0.717) is 16.8 Å². The third kappa shape index (κ3) is 3.24. The normalized spacial score (nSPS) is 10.3. The standard InChI is InChI=1S/C15H15NO3S/c1-9-10(2)20-8-13(9)15(19)16-12-5-3-11(4-6-12)7-14(17)18/h3-6,8H,7H2,1-2H3,(H,16,19)(H,17,18). The van der Waals surface area contributed by atoms with Crippen LogP contribution in [-0.4, -0.2) is 17.0 Å². The number of rotatable bonds is 4. The Morgan fingerprint density at radius 3 is 2.35 bits per heavy atom. The molecule has 0 spiro atoms. The minimum absolute atomic E-state index is 0.0168. The fourth-order valence-electron chi connectivity index (χ4n) is 1.82. The Morgan fingerprint density at radius 1 is 1.20 bits per heavy atom. The third-order valence-corrected chi connectivity index (χ3v) is 4.11. The number of anilines is 1. The maximum Gasteiger partial charge on any atom is 0.307 e. The van der Waals surface area contributed by atoms with E-state index in [-0.39, 0.29) is 12.3 Å². The number of amides is 1. The Hall–Kier alpha value is -2.14. The van der Waals surface area contributed by atoms with E-state index < -0.39 is 5.97 Å². The first-order valence-corrected chi connectivity index (χ1v) is 7.02. The summed E-state index contributed by atoms with van der Waals surface area (Å²) < 4.78 is 0. The summed E-state index contributed by atoms with van der Waals surface area (Å²) in [5.74, 6) is -1.01. The van der Waals surface area contributed by atoms with Gasteiger partial charge in [0, 0.05) is 15.9 Å². The van der Waals surface area contributed by atoms with E-state index in [1.54, 1.807) is 35.6 Å². The average molecular weight is 289 g/mol. The molecule has 0 bridgehead atoms. The lowest BCUT2D eigenvalue weighted by Gasteiger charge is -2.06. The van der Waals surface area contributed by atoms with Crippen LogP contribution >= 0.6 is 11.3 Å². The molecule has 0 unspecified atom stereocenters. The number of hydrogen-bond acceptors (Lipinski definition) is 3. The minimum atomic E-state index is -0.869. The summed E-state index contributed by atoms with van der Waals surface area (Å²) >= 11 is 1.55. The number of benzene rings is 1. The van der Waals surface area contributed by atoms with Crippen LogP contribution in [0.25, 0.3) is 0 Å². The largest absolute Gasteiger partial charge is 0.481 e. The second kappa shape index (κ2) is 5.88. The Balaban J connectivity index is 2.08. The summed E-state index contributed by atoms with van der Waals surface area (Å²) in [6.45, 7) is 3.91. The molecule has 0 aliphatic heterocycles. The molecular weight excluding hydrogens is 274 g/mol. The fraction of sp³-hybridized carbons (Fsp3) is 0.200. The van der Waals surface area contributed by atoms with E-state index >= 15 is 0 Å². The number of carbonyl (C=O) groups excluding carboxylic acids is 1. The minimum Gasteiger partial charge on any atom is -0.481 e. The van der Waals surface area contributed by atoms with E-state index in [1.807, 2.05) is 19.2 Å². The van der Waals surface area contributed by atoms with Crippen molar-refractivity contribution in [1.29, 1.82) is 0 Å². The lowest BCUT2D eigenvalue weighted by atomic mass is 10.1. The van der Waals surface area contributed by atoms with Gasteiger partial charge in [0.2, 0.25) is 0 Å². The van der Waals surface area contributed by atoms with Crippen molar-refractivity contribution in [3.8, 4) is 0 Å². The number of thiophene rings is 1. The zero-order valence-electron chi connectivity index (χ0n) is 11.3. The van der Waals surface area contributed by atoms with Crippen LogP contribution in [0.4, 0.5) is 5.69 Å². The number of nitrogens with one attached hydrogen (secondary N) is 1. The Morgan fingerprint density at radius 2 is 1.85 bits per heavy atom. The van der Waals surface area contributed by atoms with Crippen LogP contribution in [0.2, 0.25) is 0 Å². The maximum atomic E-state index is 12.1. The molecule has 1 aromatic carbocycles. The van der Waals surface area contributed by atoms with Crippen molar-refractivity contribution < 1.29 is 14.7 Å². The number of hydrogen-bond donors (Lipinski definition) is 2. The molecule has 2 aromatic rings. The molecule has 0 saturated heterocycles. The van der Waals surface area contributed by atoms with E-state index in [4.69, 9.17) is 5.11 Å². The second-order valence-electron chi connectivity index (χ2n) is 4.55. The van der Waals surface area contributed by atoms with Crippen LogP contribution in [0.1, 0.15) is 26.4 Å². The Kier molecular flexibility index (Phi) is 4.20. The Labute approximate surface area is 121 Å². The van der Waals surface area contributed by atoms with Crippen LogP contribution in [0.15, 0.2) is 29.6 Å². The zero-order valence-corrected chi connectivity index (χ0v) is 12.1. The quantitative estimate of drug-likeness (QED) is 0.908. The molecule has 0 aliphatic rings. The molecule has 0 aliphatic carbocycles. The monoisotopic (exact) mass is 289 g/mol. The summed E-state index contributed by atoms with van der Waals surface area (Å²) in [6, 6.07) is 6.83. The van der Waals surface area contributed by atoms with E-state index in [0.717, 1.165) is 10.4 Å². The van der Waals surface area contributed by atoms with Gasteiger partial charge in [0.1, 0.15) is 0 Å². The molecule has 0 saturated carbocycles. The van der Waals surface area contributed by atoms with Gasteiger partial charge in [-0.15, -0.1) is 11.3 Å². The number of carboxylic acids is 1. The second-order valence-corrected chi connectivity index (χ2v) is 5.64. The highest BCUT2D eigenvalue weighted by Crippen LogP contribution is 2.21. The van der Waals surface area contributed by atoms with Gasteiger partial charge in [-0.3, -0.25) is 9.59 Å². The van der Waals surface area contributed by atoms with Gasteiger partial charge in [0.25, 0.3) is 5.91 Å². The summed E-state index contributed by atoms with van der Waals surface area (Å²) in [6.07, 6.45) is -0.0168. The topological polar surface area (TPSA) is 66.4 Å². The van der Waals surface area contributed by atoms with Gasteiger partial charge >= 0.3 is 5.97 Å². The molecule has 2 N–H and O–H groups in total. The SMILES string of the molecule is Cc1scc(C(=O)Nc2ccc(CC(=O)O)cc2)c1C. The summed E-state index contributed by atoms with van der Waals surface area (Å²) in [7, 11) is 0. The summed E-state index contributed by atoms with van der Waals surface area (Å²) in [5, 5.41) is 13.4. The molecule has 1 amide bonds. The van der Waals surface area contributed by atoms with E-state index in [1.165, 1.54) is 0 Å². The molecular formula is C15H15NO3S. The lowest BCUT2D eigenvalue weighted by Crippen LogP contribution is -2.12. The first kappa shape index (κ1) is 14.3. The molecule has 0 radical (unpaired) electrons. The highest BCUT2D eigenvalue weighted by Gasteiger charge is 2.12. The molecule has 5 heteroatoms. The summed E-state index contributed by atoms with van der Waals surface area (Å²) in [4.78, 5) is 23.8. The van der Waals surface area contributed by atoms with Gasteiger partial charge < -0.3 is 10.4 Å². The smallest absolute Gasteiger partial charge is 0.307 e. The average Bonchev–Trinajstić information content (AvgIpc) is 2.72. The third-order valence-electron chi connectivity index (χ3n) is 3.10. The molecule has 2 rings (SSSR count). The molecule has 1 heterocycles. The van der Waals surface area contributed by atoms with E-state index in [9.17, 15) is 9.59 Å². The maximum absolute atomic E-state index is 12.1. The van der Waals surface area contributed by atoms with Gasteiger partial charge in [0.15, 0.2) is 0 Å². The van der Waals surface area contributed by atoms with Crippen LogP contribution in [0, 0.1) is 13.8 Å². The van der Waals surface area contributed by atoms with Crippen LogP contribution < -0.4 is 5.32 Å². The van der Waals surface area contributed by atoms with Crippen LogP contribution in [0.3, 0.4) is 0 Å². The number of carboxylic acid groups (broad SMARTS) is 1. The highest BCUT2D eigenvalue weighted by atomic mass is 32.1. The summed E-state index contributed by atoms with van der Waals surface area (Å²) in [5.41, 5.74) is 3.04. The molecule has 0 atom stereocenters. The zero-order chi connectivity index (χ0) is 14.7. The molecule has 0 fully saturated rings. The predicted octanol–water partition coefficient (Wildman–Crippen LogP) is 3.24. The molecule has 1 aromatic heterocycles. The van der Waals surface area contributed by atoms with Gasteiger partial charge in [-0.05, 0) is 37.1 Å². The van der Waals surface area contributed by atoms with Crippen molar-refractivity contribution in [3.63, 3.8) is 0 Å².